The molecule has 0 aliphatic heterocycles. The molecule has 0 aliphatic rings. The van der Waals surface area contributed by atoms with Crippen LogP contribution in [0.15, 0.2) is 57.7 Å². The van der Waals surface area contributed by atoms with Gasteiger partial charge in [0.1, 0.15) is 5.76 Å². The Morgan fingerprint density at radius 1 is 1.00 bits per heavy atom. The maximum atomic E-state index is 12.6. The standard InChI is InChI=1S/C16H13NO2/c1-10-14(11-6-3-2-4-7-11)15(18)12-8-5-9-13(17)16(12)19-10/h2-9H,17H2,1H3. The van der Waals surface area contributed by atoms with E-state index in [-0.39, 0.29) is 5.43 Å². The van der Waals surface area contributed by atoms with Gasteiger partial charge in [-0.1, -0.05) is 36.4 Å². The number of anilines is 1. The second kappa shape index (κ2) is 4.28. The lowest BCUT2D eigenvalue weighted by molar-refractivity contribution is 0.568. The summed E-state index contributed by atoms with van der Waals surface area (Å²) in [4.78, 5) is 12.6. The lowest BCUT2D eigenvalue weighted by Gasteiger charge is -2.08. The van der Waals surface area contributed by atoms with Gasteiger partial charge in [-0.2, -0.15) is 0 Å². The Labute approximate surface area is 110 Å². The first-order valence-corrected chi connectivity index (χ1v) is 6.06. The van der Waals surface area contributed by atoms with Gasteiger partial charge >= 0.3 is 0 Å². The molecule has 0 aliphatic carbocycles. The predicted octanol–water partition coefficient (Wildman–Crippen LogP) is 3.35. The summed E-state index contributed by atoms with van der Waals surface area (Å²) in [7, 11) is 0. The van der Waals surface area contributed by atoms with E-state index in [0.717, 1.165) is 5.56 Å². The summed E-state index contributed by atoms with van der Waals surface area (Å²) >= 11 is 0. The molecule has 0 bridgehead atoms. The van der Waals surface area contributed by atoms with Crippen molar-refractivity contribution >= 4 is 16.7 Å². The van der Waals surface area contributed by atoms with Crippen LogP contribution in [0.2, 0.25) is 0 Å². The number of hydrogen-bond acceptors (Lipinski definition) is 3. The normalized spacial score (nSPS) is 10.8. The van der Waals surface area contributed by atoms with E-state index in [2.05, 4.69) is 0 Å². The first-order chi connectivity index (χ1) is 9.18. The van der Waals surface area contributed by atoms with Crippen LogP contribution in [0.5, 0.6) is 0 Å². The number of fused-ring (bicyclic) bond motifs is 1. The number of nitrogens with two attached hydrogens (primary N) is 1. The topological polar surface area (TPSA) is 56.2 Å². The van der Waals surface area contributed by atoms with E-state index in [0.29, 0.717) is 28.0 Å². The Bertz CT molecular complexity index is 804. The summed E-state index contributed by atoms with van der Waals surface area (Å²) in [6.07, 6.45) is 0. The van der Waals surface area contributed by atoms with Gasteiger partial charge < -0.3 is 10.2 Å². The monoisotopic (exact) mass is 251 g/mol. The zero-order chi connectivity index (χ0) is 13.4. The van der Waals surface area contributed by atoms with E-state index in [1.54, 1.807) is 25.1 Å². The molecule has 2 N–H and O–H groups in total. The Hall–Kier alpha value is -2.55. The van der Waals surface area contributed by atoms with Gasteiger partial charge in [-0.3, -0.25) is 4.79 Å². The third-order valence-electron chi connectivity index (χ3n) is 3.19. The Balaban J connectivity index is 2.43. The molecule has 3 nitrogen and oxygen atoms in total. The molecule has 0 saturated carbocycles. The minimum absolute atomic E-state index is 0.0442. The minimum Gasteiger partial charge on any atom is -0.458 e. The third kappa shape index (κ3) is 1.80. The molecular weight excluding hydrogens is 238 g/mol. The number of para-hydroxylation sites is 1. The molecule has 1 heterocycles. The van der Waals surface area contributed by atoms with Crippen LogP contribution in [0, 0.1) is 6.92 Å². The van der Waals surface area contributed by atoms with Crippen molar-refractivity contribution in [3.8, 4) is 11.1 Å². The quantitative estimate of drug-likeness (QED) is 0.675. The van der Waals surface area contributed by atoms with Gasteiger partial charge in [0.2, 0.25) is 5.43 Å². The fraction of sp³-hybridized carbons (Fsp3) is 0.0625. The molecule has 0 atom stereocenters. The van der Waals surface area contributed by atoms with Crippen LogP contribution >= 0.6 is 0 Å². The zero-order valence-corrected chi connectivity index (χ0v) is 10.5. The summed E-state index contributed by atoms with van der Waals surface area (Å²) in [5, 5.41) is 0.518. The number of aryl methyl sites for hydroxylation is 1. The van der Waals surface area contributed by atoms with E-state index in [4.69, 9.17) is 10.2 Å². The Morgan fingerprint density at radius 3 is 2.47 bits per heavy atom. The van der Waals surface area contributed by atoms with Gasteiger partial charge in [0, 0.05) is 0 Å². The van der Waals surface area contributed by atoms with Crippen molar-refractivity contribution in [2.24, 2.45) is 0 Å². The second-order valence-electron chi connectivity index (χ2n) is 4.45. The average molecular weight is 251 g/mol. The van der Waals surface area contributed by atoms with Crippen molar-refractivity contribution in [3.05, 3.63) is 64.5 Å². The number of benzene rings is 2. The van der Waals surface area contributed by atoms with Crippen molar-refractivity contribution in [1.29, 1.82) is 0 Å². The maximum absolute atomic E-state index is 12.6. The summed E-state index contributed by atoms with van der Waals surface area (Å²) in [5.41, 5.74) is 8.21. The van der Waals surface area contributed by atoms with E-state index >= 15 is 0 Å². The van der Waals surface area contributed by atoms with Gasteiger partial charge in [-0.15, -0.1) is 0 Å². The fourth-order valence-electron chi connectivity index (χ4n) is 2.29. The Morgan fingerprint density at radius 2 is 1.74 bits per heavy atom. The zero-order valence-electron chi connectivity index (χ0n) is 10.5. The molecule has 0 unspecified atom stereocenters. The molecule has 3 aromatic rings. The highest BCUT2D eigenvalue weighted by Gasteiger charge is 2.14. The van der Waals surface area contributed by atoms with Crippen LogP contribution in [0.1, 0.15) is 5.76 Å². The molecule has 0 saturated heterocycles. The summed E-state index contributed by atoms with van der Waals surface area (Å²) in [6, 6.07) is 14.7. The van der Waals surface area contributed by atoms with Crippen molar-refractivity contribution < 1.29 is 4.42 Å². The lowest BCUT2D eigenvalue weighted by Crippen LogP contribution is -2.08. The average Bonchev–Trinajstić information content (AvgIpc) is 2.41. The van der Waals surface area contributed by atoms with Crippen molar-refractivity contribution in [3.63, 3.8) is 0 Å². The highest BCUT2D eigenvalue weighted by Crippen LogP contribution is 2.26. The van der Waals surface area contributed by atoms with Crippen LogP contribution in [0.3, 0.4) is 0 Å². The SMILES string of the molecule is Cc1oc2c(N)cccc2c(=O)c1-c1ccccc1. The maximum Gasteiger partial charge on any atom is 0.200 e. The van der Waals surface area contributed by atoms with Crippen LogP contribution in [0.4, 0.5) is 5.69 Å². The van der Waals surface area contributed by atoms with E-state index in [1.807, 2.05) is 30.3 Å². The van der Waals surface area contributed by atoms with Crippen LogP contribution in [0.25, 0.3) is 22.1 Å². The number of rotatable bonds is 1. The number of hydrogen-bond donors (Lipinski definition) is 1. The molecule has 0 radical (unpaired) electrons. The second-order valence-corrected chi connectivity index (χ2v) is 4.45. The molecular formula is C16H13NO2. The molecule has 0 spiro atoms. The van der Waals surface area contributed by atoms with Crippen LogP contribution in [-0.2, 0) is 0 Å². The molecule has 3 rings (SSSR count). The van der Waals surface area contributed by atoms with Crippen molar-refractivity contribution in [2.45, 2.75) is 6.92 Å². The van der Waals surface area contributed by atoms with Crippen molar-refractivity contribution in [2.75, 3.05) is 5.73 Å². The lowest BCUT2D eigenvalue weighted by atomic mass is 10.0. The van der Waals surface area contributed by atoms with Gasteiger partial charge in [0.25, 0.3) is 0 Å². The molecule has 0 amide bonds. The minimum atomic E-state index is -0.0442. The highest BCUT2D eigenvalue weighted by molar-refractivity contribution is 5.90. The first kappa shape index (κ1) is 11.5. The summed E-state index contributed by atoms with van der Waals surface area (Å²) < 4.78 is 5.73. The van der Waals surface area contributed by atoms with Gasteiger partial charge in [0.05, 0.1) is 16.6 Å². The van der Waals surface area contributed by atoms with E-state index in [1.165, 1.54) is 0 Å². The molecule has 1 aromatic heterocycles. The van der Waals surface area contributed by atoms with E-state index in [9.17, 15) is 4.79 Å². The van der Waals surface area contributed by atoms with Crippen LogP contribution in [-0.4, -0.2) is 0 Å². The van der Waals surface area contributed by atoms with Gasteiger partial charge in [0.15, 0.2) is 5.58 Å². The molecule has 2 aromatic carbocycles. The van der Waals surface area contributed by atoms with Crippen LogP contribution < -0.4 is 11.2 Å². The predicted molar refractivity (Wildman–Crippen MR) is 77.1 cm³/mol. The molecule has 94 valence electrons. The van der Waals surface area contributed by atoms with Crippen molar-refractivity contribution in [1.82, 2.24) is 0 Å². The molecule has 19 heavy (non-hydrogen) atoms. The van der Waals surface area contributed by atoms with Gasteiger partial charge in [-0.25, -0.2) is 0 Å². The number of nitrogen functional groups attached to an aromatic ring is 1. The van der Waals surface area contributed by atoms with E-state index < -0.39 is 0 Å². The first-order valence-electron chi connectivity index (χ1n) is 6.06. The third-order valence-corrected chi connectivity index (χ3v) is 3.19. The molecule has 0 fully saturated rings. The fourth-order valence-corrected chi connectivity index (χ4v) is 2.29. The highest BCUT2D eigenvalue weighted by atomic mass is 16.3. The summed E-state index contributed by atoms with van der Waals surface area (Å²) in [6.45, 7) is 1.79. The summed E-state index contributed by atoms with van der Waals surface area (Å²) in [5.74, 6) is 0.585. The Kier molecular flexibility index (Phi) is 2.60. The largest absolute Gasteiger partial charge is 0.458 e. The smallest absolute Gasteiger partial charge is 0.200 e. The molecule has 3 heteroatoms. The van der Waals surface area contributed by atoms with Gasteiger partial charge in [-0.05, 0) is 24.6 Å².